The molecule has 3 N–H and O–H groups in total. The molecule has 0 unspecified atom stereocenters. The molecular formula is C11H10F3N3O. The summed E-state index contributed by atoms with van der Waals surface area (Å²) in [5.74, 6) is -4.59. The van der Waals surface area contributed by atoms with Crippen LogP contribution in [0.1, 0.15) is 5.56 Å². The molecule has 1 aliphatic rings. The average Bonchev–Trinajstić information content (AvgIpc) is 2.37. The summed E-state index contributed by atoms with van der Waals surface area (Å²) in [5, 5.41) is 2.30. The Labute approximate surface area is 101 Å². The van der Waals surface area contributed by atoms with Gasteiger partial charge in [-0.1, -0.05) is 6.07 Å². The Hall–Kier alpha value is -2.05. The Balaban J connectivity index is 2.50. The molecule has 2 rings (SSSR count). The van der Waals surface area contributed by atoms with Crippen LogP contribution in [-0.4, -0.2) is 23.5 Å². The largest absolute Gasteiger partial charge is 0.366 e. The number of alkyl halides is 3. The van der Waals surface area contributed by atoms with Crippen LogP contribution in [0.5, 0.6) is 0 Å². The first-order chi connectivity index (χ1) is 8.45. The van der Waals surface area contributed by atoms with Crippen LogP contribution in [0.2, 0.25) is 0 Å². The summed E-state index contributed by atoms with van der Waals surface area (Å²) in [6.45, 7) is -1.91. The van der Waals surface area contributed by atoms with E-state index >= 15 is 0 Å². The summed E-state index contributed by atoms with van der Waals surface area (Å²) in [7, 11) is 0. The van der Waals surface area contributed by atoms with E-state index in [1.165, 1.54) is 6.20 Å². The number of nitrogens with zero attached hydrogens (tertiary/aromatic N) is 1. The standard InChI is InChI=1S/C11H10F3N3O/c12-5-11(13,14)8-7(9(15)18)4-6-2-1-3-16-10(6)17-8/h1-3H,4-5H2,(H2,15,18)(H,16,17). The van der Waals surface area contributed by atoms with Gasteiger partial charge in [0.15, 0.2) is 6.67 Å². The Morgan fingerprint density at radius 3 is 2.89 bits per heavy atom. The van der Waals surface area contributed by atoms with Crippen LogP contribution in [0.3, 0.4) is 0 Å². The monoisotopic (exact) mass is 257 g/mol. The third kappa shape index (κ3) is 2.03. The molecular weight excluding hydrogens is 247 g/mol. The number of carbonyl (C=O) groups excluding carboxylic acids is 1. The number of amides is 1. The van der Waals surface area contributed by atoms with Crippen LogP contribution in [0, 0.1) is 0 Å². The highest BCUT2D eigenvalue weighted by Gasteiger charge is 2.40. The lowest BCUT2D eigenvalue weighted by atomic mass is 9.97. The molecule has 1 amide bonds. The van der Waals surface area contributed by atoms with Crippen LogP contribution >= 0.6 is 0 Å². The van der Waals surface area contributed by atoms with Crippen molar-refractivity contribution < 1.29 is 18.0 Å². The number of rotatable bonds is 3. The number of hydrogen-bond donors (Lipinski definition) is 2. The van der Waals surface area contributed by atoms with E-state index in [0.717, 1.165) is 0 Å². The molecule has 0 fully saturated rings. The Kier molecular flexibility index (Phi) is 2.98. The van der Waals surface area contributed by atoms with Crippen molar-refractivity contribution in [2.24, 2.45) is 5.73 Å². The highest BCUT2D eigenvalue weighted by Crippen LogP contribution is 2.34. The van der Waals surface area contributed by atoms with Crippen LogP contribution in [0.15, 0.2) is 29.6 Å². The highest BCUT2D eigenvalue weighted by molar-refractivity contribution is 5.95. The summed E-state index contributed by atoms with van der Waals surface area (Å²) in [5.41, 5.74) is 4.49. The van der Waals surface area contributed by atoms with Gasteiger partial charge in [-0.25, -0.2) is 9.37 Å². The lowest BCUT2D eigenvalue weighted by Crippen LogP contribution is -2.35. The zero-order valence-electron chi connectivity index (χ0n) is 9.21. The number of halogens is 3. The Bertz CT molecular complexity index is 528. The van der Waals surface area contributed by atoms with Crippen molar-refractivity contribution in [1.82, 2.24) is 4.98 Å². The zero-order chi connectivity index (χ0) is 13.3. The topological polar surface area (TPSA) is 68.0 Å². The van der Waals surface area contributed by atoms with E-state index in [0.29, 0.717) is 5.56 Å². The first-order valence-electron chi connectivity index (χ1n) is 5.14. The minimum Gasteiger partial charge on any atom is -0.366 e. The summed E-state index contributed by atoms with van der Waals surface area (Å²) in [6.07, 6.45) is 1.32. The molecule has 1 aliphatic heterocycles. The number of pyridine rings is 1. The molecule has 0 saturated heterocycles. The van der Waals surface area contributed by atoms with Gasteiger partial charge >= 0.3 is 5.92 Å². The van der Waals surface area contributed by atoms with Crippen molar-refractivity contribution in [2.75, 3.05) is 12.0 Å². The SMILES string of the molecule is NC(=O)C1=C(C(F)(F)CF)Nc2ncccc2C1. The molecule has 1 aromatic rings. The van der Waals surface area contributed by atoms with Gasteiger partial charge in [-0.05, 0) is 11.6 Å². The normalized spacial score (nSPS) is 15.1. The van der Waals surface area contributed by atoms with Gasteiger partial charge in [0.2, 0.25) is 5.91 Å². The van der Waals surface area contributed by atoms with Gasteiger partial charge in [0.1, 0.15) is 5.82 Å². The molecule has 0 radical (unpaired) electrons. The second kappa shape index (κ2) is 4.32. The molecule has 0 aromatic carbocycles. The fourth-order valence-corrected chi connectivity index (χ4v) is 1.76. The van der Waals surface area contributed by atoms with E-state index in [1.807, 2.05) is 0 Å². The molecule has 0 spiro atoms. The van der Waals surface area contributed by atoms with E-state index in [-0.39, 0.29) is 17.8 Å². The number of nitrogens with one attached hydrogen (secondary N) is 1. The zero-order valence-corrected chi connectivity index (χ0v) is 9.21. The van der Waals surface area contributed by atoms with Crippen LogP contribution in [0.25, 0.3) is 0 Å². The van der Waals surface area contributed by atoms with Gasteiger partial charge in [-0.15, -0.1) is 0 Å². The van der Waals surface area contributed by atoms with E-state index in [1.54, 1.807) is 12.1 Å². The van der Waals surface area contributed by atoms with Crippen molar-refractivity contribution in [2.45, 2.75) is 12.3 Å². The lowest BCUT2D eigenvalue weighted by Gasteiger charge is -2.26. The minimum absolute atomic E-state index is 0.0869. The van der Waals surface area contributed by atoms with Gasteiger partial charge in [0.25, 0.3) is 0 Å². The number of nitrogens with two attached hydrogens (primary N) is 1. The molecule has 7 heteroatoms. The average molecular weight is 257 g/mol. The van der Waals surface area contributed by atoms with Crippen LogP contribution in [-0.2, 0) is 11.2 Å². The van der Waals surface area contributed by atoms with Gasteiger partial charge in [-0.3, -0.25) is 4.79 Å². The van der Waals surface area contributed by atoms with E-state index in [4.69, 9.17) is 5.73 Å². The van der Waals surface area contributed by atoms with E-state index in [9.17, 15) is 18.0 Å². The fourth-order valence-electron chi connectivity index (χ4n) is 1.76. The van der Waals surface area contributed by atoms with Crippen molar-refractivity contribution >= 4 is 11.7 Å². The summed E-state index contributed by atoms with van der Waals surface area (Å²) < 4.78 is 39.2. The highest BCUT2D eigenvalue weighted by atomic mass is 19.3. The molecule has 0 saturated carbocycles. The second-order valence-corrected chi connectivity index (χ2v) is 3.87. The number of anilines is 1. The maximum atomic E-state index is 13.4. The summed E-state index contributed by atoms with van der Waals surface area (Å²) in [6, 6.07) is 3.24. The molecule has 1 aromatic heterocycles. The maximum Gasteiger partial charge on any atom is 0.315 e. The molecule has 0 atom stereocenters. The predicted molar refractivity (Wildman–Crippen MR) is 58.7 cm³/mol. The van der Waals surface area contributed by atoms with Gasteiger partial charge in [-0.2, -0.15) is 8.78 Å². The number of hydrogen-bond acceptors (Lipinski definition) is 3. The summed E-state index contributed by atoms with van der Waals surface area (Å²) in [4.78, 5) is 15.0. The molecule has 4 nitrogen and oxygen atoms in total. The number of carbonyl (C=O) groups is 1. The lowest BCUT2D eigenvalue weighted by molar-refractivity contribution is -0.115. The van der Waals surface area contributed by atoms with Crippen molar-refractivity contribution in [3.8, 4) is 0 Å². The third-order valence-electron chi connectivity index (χ3n) is 2.63. The molecule has 2 heterocycles. The number of allylic oxidation sites excluding steroid dienone is 1. The predicted octanol–water partition coefficient (Wildman–Crippen LogP) is 1.39. The Morgan fingerprint density at radius 2 is 2.28 bits per heavy atom. The van der Waals surface area contributed by atoms with Gasteiger partial charge in [0, 0.05) is 18.2 Å². The molecule has 0 bridgehead atoms. The van der Waals surface area contributed by atoms with Gasteiger partial charge in [0.05, 0.1) is 5.70 Å². The first-order valence-corrected chi connectivity index (χ1v) is 5.14. The van der Waals surface area contributed by atoms with Crippen molar-refractivity contribution in [3.63, 3.8) is 0 Å². The van der Waals surface area contributed by atoms with Gasteiger partial charge < -0.3 is 11.1 Å². The van der Waals surface area contributed by atoms with E-state index in [2.05, 4.69) is 10.3 Å². The summed E-state index contributed by atoms with van der Waals surface area (Å²) >= 11 is 0. The maximum absolute atomic E-state index is 13.4. The molecule has 18 heavy (non-hydrogen) atoms. The fraction of sp³-hybridized carbons (Fsp3) is 0.273. The second-order valence-electron chi connectivity index (χ2n) is 3.87. The van der Waals surface area contributed by atoms with Crippen molar-refractivity contribution in [1.29, 1.82) is 0 Å². The molecule has 0 aliphatic carbocycles. The number of fused-ring (bicyclic) bond motifs is 1. The molecule has 96 valence electrons. The van der Waals surface area contributed by atoms with E-state index < -0.39 is 24.2 Å². The Morgan fingerprint density at radius 1 is 1.56 bits per heavy atom. The number of aromatic nitrogens is 1. The van der Waals surface area contributed by atoms with Crippen molar-refractivity contribution in [3.05, 3.63) is 35.2 Å². The quantitative estimate of drug-likeness (QED) is 0.859. The van der Waals surface area contributed by atoms with Crippen LogP contribution < -0.4 is 11.1 Å². The number of primary amides is 1. The minimum atomic E-state index is -3.78. The smallest absolute Gasteiger partial charge is 0.315 e. The third-order valence-corrected chi connectivity index (χ3v) is 2.63. The first kappa shape index (κ1) is 12.4. The van der Waals surface area contributed by atoms with Crippen LogP contribution in [0.4, 0.5) is 19.0 Å².